The zero-order valence-corrected chi connectivity index (χ0v) is 13.2. The van der Waals surface area contributed by atoms with Crippen LogP contribution < -0.4 is 10.1 Å². The van der Waals surface area contributed by atoms with Gasteiger partial charge in [0, 0.05) is 17.8 Å². The minimum atomic E-state index is -0.268. The number of carbonyl (C=O) groups is 1. The molecule has 0 fully saturated rings. The average molecular weight is 323 g/mol. The Morgan fingerprint density at radius 1 is 1.21 bits per heavy atom. The molecule has 0 unspecified atom stereocenters. The van der Waals surface area contributed by atoms with Gasteiger partial charge in [-0.05, 0) is 19.1 Å². The highest BCUT2D eigenvalue weighted by Gasteiger charge is 2.14. The molecule has 1 aromatic carbocycles. The molecule has 122 valence electrons. The summed E-state index contributed by atoms with van der Waals surface area (Å²) in [6.45, 7) is 2.55. The lowest BCUT2D eigenvalue weighted by atomic mass is 10.1. The number of pyridine rings is 1. The van der Waals surface area contributed by atoms with Crippen molar-refractivity contribution in [3.8, 4) is 17.2 Å². The van der Waals surface area contributed by atoms with Crippen LogP contribution in [0.25, 0.3) is 11.3 Å². The van der Waals surface area contributed by atoms with Gasteiger partial charge in [0.25, 0.3) is 5.91 Å². The van der Waals surface area contributed by atoms with Crippen molar-refractivity contribution in [2.45, 2.75) is 13.5 Å². The standard InChI is InChI=1S/C18H17N3O3/c1-2-23-18-15(9-6-10-19-18)17(22)20-12-14-11-16(24-21-14)13-7-4-3-5-8-13/h3-11H,2,12H2,1H3,(H,20,22). The molecule has 6 nitrogen and oxygen atoms in total. The first-order valence-electron chi connectivity index (χ1n) is 7.65. The Morgan fingerprint density at radius 3 is 2.83 bits per heavy atom. The fraction of sp³-hybridized carbons (Fsp3) is 0.167. The average Bonchev–Trinajstić information content (AvgIpc) is 3.10. The van der Waals surface area contributed by atoms with E-state index in [4.69, 9.17) is 9.26 Å². The lowest BCUT2D eigenvalue weighted by Gasteiger charge is -2.08. The molecule has 24 heavy (non-hydrogen) atoms. The largest absolute Gasteiger partial charge is 0.477 e. The van der Waals surface area contributed by atoms with Gasteiger partial charge in [-0.3, -0.25) is 4.79 Å². The highest BCUT2D eigenvalue weighted by Crippen LogP contribution is 2.20. The predicted octanol–water partition coefficient (Wildman–Crippen LogP) is 3.07. The quantitative estimate of drug-likeness (QED) is 0.754. The van der Waals surface area contributed by atoms with Gasteiger partial charge in [0.05, 0.1) is 13.2 Å². The van der Waals surface area contributed by atoms with E-state index in [1.807, 2.05) is 43.3 Å². The van der Waals surface area contributed by atoms with Crippen LogP contribution >= 0.6 is 0 Å². The molecule has 0 aliphatic rings. The number of nitrogens with one attached hydrogen (secondary N) is 1. The van der Waals surface area contributed by atoms with Crippen LogP contribution in [0.15, 0.2) is 59.3 Å². The SMILES string of the molecule is CCOc1ncccc1C(=O)NCc1cc(-c2ccccc2)on1. The van der Waals surface area contributed by atoms with Gasteiger partial charge in [0.2, 0.25) is 5.88 Å². The topological polar surface area (TPSA) is 77.2 Å². The van der Waals surface area contributed by atoms with Gasteiger partial charge >= 0.3 is 0 Å². The van der Waals surface area contributed by atoms with Gasteiger partial charge in [-0.1, -0.05) is 35.5 Å². The normalized spacial score (nSPS) is 10.4. The second-order valence-electron chi connectivity index (χ2n) is 5.02. The number of rotatable bonds is 6. The lowest BCUT2D eigenvalue weighted by Crippen LogP contribution is -2.24. The van der Waals surface area contributed by atoms with Crippen LogP contribution in [0.1, 0.15) is 23.0 Å². The fourth-order valence-corrected chi connectivity index (χ4v) is 2.22. The number of ether oxygens (including phenoxy) is 1. The van der Waals surface area contributed by atoms with E-state index in [9.17, 15) is 4.79 Å². The van der Waals surface area contributed by atoms with Crippen LogP contribution in [-0.2, 0) is 6.54 Å². The number of benzene rings is 1. The number of carbonyl (C=O) groups excluding carboxylic acids is 1. The molecule has 0 aliphatic heterocycles. The molecular formula is C18H17N3O3. The monoisotopic (exact) mass is 323 g/mol. The van der Waals surface area contributed by atoms with Crippen molar-refractivity contribution < 1.29 is 14.1 Å². The van der Waals surface area contributed by atoms with Gasteiger partial charge in [-0.15, -0.1) is 0 Å². The molecule has 1 N–H and O–H groups in total. The van der Waals surface area contributed by atoms with E-state index in [1.54, 1.807) is 18.3 Å². The highest BCUT2D eigenvalue weighted by atomic mass is 16.5. The zero-order chi connectivity index (χ0) is 16.8. The number of hydrogen-bond donors (Lipinski definition) is 1. The predicted molar refractivity (Wildman–Crippen MR) is 88.5 cm³/mol. The third kappa shape index (κ3) is 3.60. The molecule has 3 aromatic rings. The van der Waals surface area contributed by atoms with Crippen molar-refractivity contribution in [1.29, 1.82) is 0 Å². The number of hydrogen-bond acceptors (Lipinski definition) is 5. The Kier molecular flexibility index (Phi) is 4.86. The Labute approximate surface area is 139 Å². The minimum absolute atomic E-state index is 0.260. The van der Waals surface area contributed by atoms with Crippen molar-refractivity contribution in [1.82, 2.24) is 15.5 Å². The summed E-state index contributed by atoms with van der Waals surface area (Å²) in [5.74, 6) is 0.717. The summed E-state index contributed by atoms with van der Waals surface area (Å²) < 4.78 is 10.7. The minimum Gasteiger partial charge on any atom is -0.477 e. The lowest BCUT2D eigenvalue weighted by molar-refractivity contribution is 0.0945. The van der Waals surface area contributed by atoms with Crippen molar-refractivity contribution in [3.63, 3.8) is 0 Å². The summed E-state index contributed by atoms with van der Waals surface area (Å²) in [5, 5.41) is 6.78. The Morgan fingerprint density at radius 2 is 2.04 bits per heavy atom. The maximum Gasteiger partial charge on any atom is 0.257 e. The van der Waals surface area contributed by atoms with Gasteiger partial charge in [0.1, 0.15) is 11.3 Å². The molecular weight excluding hydrogens is 306 g/mol. The summed E-state index contributed by atoms with van der Waals surface area (Å²) in [6, 6.07) is 14.8. The molecule has 0 spiro atoms. The number of aromatic nitrogens is 2. The molecule has 0 atom stereocenters. The summed E-state index contributed by atoms with van der Waals surface area (Å²) >= 11 is 0. The molecule has 0 radical (unpaired) electrons. The molecule has 0 saturated carbocycles. The van der Waals surface area contributed by atoms with E-state index in [0.29, 0.717) is 29.5 Å². The smallest absolute Gasteiger partial charge is 0.257 e. The van der Waals surface area contributed by atoms with Crippen molar-refractivity contribution in [3.05, 3.63) is 66.0 Å². The molecule has 2 heterocycles. The number of nitrogens with zero attached hydrogens (tertiary/aromatic N) is 2. The second-order valence-corrected chi connectivity index (χ2v) is 5.02. The van der Waals surface area contributed by atoms with Gasteiger partial charge in [0.15, 0.2) is 5.76 Å². The third-order valence-corrected chi connectivity index (χ3v) is 3.34. The van der Waals surface area contributed by atoms with Crippen LogP contribution in [0, 0.1) is 0 Å². The first-order valence-corrected chi connectivity index (χ1v) is 7.65. The molecule has 0 aliphatic carbocycles. The molecule has 0 saturated heterocycles. The van der Waals surface area contributed by atoms with E-state index in [-0.39, 0.29) is 12.5 Å². The third-order valence-electron chi connectivity index (χ3n) is 3.34. The Balaban J connectivity index is 1.66. The molecule has 3 rings (SSSR count). The molecule has 0 bridgehead atoms. The maximum atomic E-state index is 12.3. The van der Waals surface area contributed by atoms with E-state index in [0.717, 1.165) is 5.56 Å². The van der Waals surface area contributed by atoms with Crippen molar-refractivity contribution >= 4 is 5.91 Å². The molecule has 6 heteroatoms. The Hall–Kier alpha value is -3.15. The van der Waals surface area contributed by atoms with Crippen LogP contribution in [0.3, 0.4) is 0 Å². The second kappa shape index (κ2) is 7.41. The van der Waals surface area contributed by atoms with Crippen LogP contribution in [-0.4, -0.2) is 22.7 Å². The van der Waals surface area contributed by atoms with Crippen LogP contribution in [0.2, 0.25) is 0 Å². The van der Waals surface area contributed by atoms with Crippen molar-refractivity contribution in [2.24, 2.45) is 0 Å². The molecule has 1 amide bonds. The van der Waals surface area contributed by atoms with Gasteiger partial charge in [-0.2, -0.15) is 0 Å². The summed E-state index contributed by atoms with van der Waals surface area (Å²) in [4.78, 5) is 16.4. The van der Waals surface area contributed by atoms with Gasteiger partial charge in [-0.25, -0.2) is 4.98 Å². The van der Waals surface area contributed by atoms with E-state index >= 15 is 0 Å². The van der Waals surface area contributed by atoms with Gasteiger partial charge < -0.3 is 14.6 Å². The Bertz CT molecular complexity index is 815. The number of amides is 1. The maximum absolute atomic E-state index is 12.3. The van der Waals surface area contributed by atoms with E-state index < -0.39 is 0 Å². The summed E-state index contributed by atoms with van der Waals surface area (Å²) in [7, 11) is 0. The summed E-state index contributed by atoms with van der Waals surface area (Å²) in [6.07, 6.45) is 1.59. The highest BCUT2D eigenvalue weighted by molar-refractivity contribution is 5.96. The van der Waals surface area contributed by atoms with E-state index in [1.165, 1.54) is 0 Å². The van der Waals surface area contributed by atoms with Crippen LogP contribution in [0.4, 0.5) is 0 Å². The fourth-order valence-electron chi connectivity index (χ4n) is 2.22. The van der Waals surface area contributed by atoms with Crippen LogP contribution in [0.5, 0.6) is 5.88 Å². The molecule has 2 aromatic heterocycles. The van der Waals surface area contributed by atoms with Crippen molar-refractivity contribution in [2.75, 3.05) is 6.61 Å². The first kappa shape index (κ1) is 15.7. The van der Waals surface area contributed by atoms with E-state index in [2.05, 4.69) is 15.5 Å². The zero-order valence-electron chi connectivity index (χ0n) is 13.2. The first-order chi connectivity index (χ1) is 11.8. The summed E-state index contributed by atoms with van der Waals surface area (Å²) in [5.41, 5.74) is 1.98.